The first-order chi connectivity index (χ1) is 17.4. The molecule has 1 aliphatic heterocycles. The minimum atomic E-state index is -0.962. The Bertz CT molecular complexity index is 1380. The van der Waals surface area contributed by atoms with E-state index >= 15 is 0 Å². The molecule has 3 amide bonds. The maximum atomic E-state index is 13.8. The van der Waals surface area contributed by atoms with Crippen LogP contribution in [0.1, 0.15) is 41.7 Å². The van der Waals surface area contributed by atoms with Crippen molar-refractivity contribution < 1.29 is 9.59 Å². The van der Waals surface area contributed by atoms with Crippen LogP contribution >= 0.6 is 0 Å². The quantitative estimate of drug-likeness (QED) is 0.283. The van der Waals surface area contributed by atoms with E-state index < -0.39 is 5.54 Å². The van der Waals surface area contributed by atoms with Gasteiger partial charge in [0.15, 0.2) is 0 Å². The lowest BCUT2D eigenvalue weighted by molar-refractivity contribution is -0.123. The molecule has 0 saturated carbocycles. The van der Waals surface area contributed by atoms with E-state index in [1.54, 1.807) is 4.90 Å². The Labute approximate surface area is 212 Å². The summed E-state index contributed by atoms with van der Waals surface area (Å²) in [7, 11) is 0. The lowest BCUT2D eigenvalue weighted by Crippen LogP contribution is -2.43. The number of para-hydroxylation sites is 1. The van der Waals surface area contributed by atoms with Crippen LogP contribution in [0.3, 0.4) is 0 Å². The van der Waals surface area contributed by atoms with Crippen LogP contribution in [0.15, 0.2) is 109 Å². The molecule has 1 heterocycles. The van der Waals surface area contributed by atoms with Crippen LogP contribution in [0, 0.1) is 0 Å². The average molecular weight is 475 g/mol. The number of amides is 3. The summed E-state index contributed by atoms with van der Waals surface area (Å²) in [5.74, 6) is -0.200. The molecule has 4 heteroatoms. The molecule has 4 nitrogen and oxygen atoms in total. The number of carbonyl (C=O) groups is 2. The van der Waals surface area contributed by atoms with E-state index in [1.165, 1.54) is 10.5 Å². The highest BCUT2D eigenvalue weighted by atomic mass is 16.2. The Morgan fingerprint density at radius 1 is 0.583 bits per heavy atom. The molecule has 1 saturated heterocycles. The van der Waals surface area contributed by atoms with Crippen molar-refractivity contribution in [2.75, 3.05) is 4.90 Å². The highest BCUT2D eigenvalue weighted by molar-refractivity contribution is 6.23. The Balaban J connectivity index is 1.45. The monoisotopic (exact) mass is 474 g/mol. The maximum absolute atomic E-state index is 13.8. The standard InChI is InChI=1S/C32H30N2O2/c1-32(2)30(35)34(29-20-12-11-18-27(29)22-25-15-7-4-8-16-25)31(36)33(32)23-28-19-10-9-17-26(28)21-24-13-5-3-6-14-24/h3-20H,21-23H2,1-2H3. The minimum Gasteiger partial charge on any atom is -0.305 e. The summed E-state index contributed by atoms with van der Waals surface area (Å²) in [5, 5.41) is 0. The van der Waals surface area contributed by atoms with Gasteiger partial charge in [-0.2, -0.15) is 0 Å². The van der Waals surface area contributed by atoms with Gasteiger partial charge in [-0.3, -0.25) is 4.79 Å². The topological polar surface area (TPSA) is 40.6 Å². The third-order valence-corrected chi connectivity index (χ3v) is 6.98. The molecule has 1 aliphatic rings. The zero-order valence-corrected chi connectivity index (χ0v) is 20.7. The van der Waals surface area contributed by atoms with Crippen molar-refractivity contribution >= 4 is 17.6 Å². The SMILES string of the molecule is CC1(C)C(=O)N(c2ccccc2Cc2ccccc2)C(=O)N1Cc1ccccc1Cc1ccccc1. The number of benzene rings is 4. The second-order valence-corrected chi connectivity index (χ2v) is 9.79. The van der Waals surface area contributed by atoms with Crippen LogP contribution in [0.25, 0.3) is 0 Å². The summed E-state index contributed by atoms with van der Waals surface area (Å²) in [6.45, 7) is 4.05. The van der Waals surface area contributed by atoms with Gasteiger partial charge in [0, 0.05) is 6.54 Å². The molecule has 0 N–H and O–H groups in total. The molecule has 0 radical (unpaired) electrons. The highest BCUT2D eigenvalue weighted by Gasteiger charge is 2.52. The van der Waals surface area contributed by atoms with Crippen molar-refractivity contribution in [2.45, 2.75) is 38.8 Å². The van der Waals surface area contributed by atoms with Gasteiger partial charge in [0.1, 0.15) is 5.54 Å². The summed E-state index contributed by atoms with van der Waals surface area (Å²) in [6.07, 6.45) is 1.42. The third-order valence-electron chi connectivity index (χ3n) is 6.98. The first-order valence-electron chi connectivity index (χ1n) is 12.3. The van der Waals surface area contributed by atoms with Crippen LogP contribution < -0.4 is 4.90 Å². The first kappa shape index (κ1) is 23.6. The summed E-state index contributed by atoms with van der Waals surface area (Å²) in [6, 6.07) is 36.0. The molecule has 1 fully saturated rings. The Kier molecular flexibility index (Phi) is 6.43. The average Bonchev–Trinajstić information content (AvgIpc) is 3.06. The summed E-state index contributed by atoms with van der Waals surface area (Å²) >= 11 is 0. The van der Waals surface area contributed by atoms with E-state index in [9.17, 15) is 9.59 Å². The molecule has 4 aromatic carbocycles. The molecule has 0 aromatic heterocycles. The fourth-order valence-electron chi connectivity index (χ4n) is 4.88. The van der Waals surface area contributed by atoms with Gasteiger partial charge >= 0.3 is 6.03 Å². The van der Waals surface area contributed by atoms with Gasteiger partial charge < -0.3 is 4.90 Å². The second-order valence-electron chi connectivity index (χ2n) is 9.79. The first-order valence-corrected chi connectivity index (χ1v) is 12.3. The molecule has 5 rings (SSSR count). The number of carbonyl (C=O) groups excluding carboxylic acids is 2. The van der Waals surface area contributed by atoms with E-state index in [1.807, 2.05) is 86.6 Å². The van der Waals surface area contributed by atoms with Gasteiger partial charge in [-0.15, -0.1) is 0 Å². The second kappa shape index (κ2) is 9.82. The summed E-state index contributed by atoms with van der Waals surface area (Å²) in [5.41, 5.74) is 5.20. The predicted molar refractivity (Wildman–Crippen MR) is 144 cm³/mol. The van der Waals surface area contributed by atoms with Crippen LogP contribution in [0.4, 0.5) is 10.5 Å². The number of rotatable bonds is 7. The summed E-state index contributed by atoms with van der Waals surface area (Å²) < 4.78 is 0. The number of hydrogen-bond acceptors (Lipinski definition) is 2. The van der Waals surface area contributed by atoms with Crippen LogP contribution in [0.2, 0.25) is 0 Å². The molecular weight excluding hydrogens is 444 g/mol. The van der Waals surface area contributed by atoms with Gasteiger partial charge in [0.25, 0.3) is 5.91 Å². The van der Waals surface area contributed by atoms with Crippen molar-refractivity contribution in [3.8, 4) is 0 Å². The van der Waals surface area contributed by atoms with Gasteiger partial charge in [-0.05, 0) is 60.6 Å². The van der Waals surface area contributed by atoms with Crippen LogP contribution in [0.5, 0.6) is 0 Å². The molecule has 0 aliphatic carbocycles. The molecular formula is C32H30N2O2. The molecule has 4 aromatic rings. The van der Waals surface area contributed by atoms with E-state index in [-0.39, 0.29) is 11.9 Å². The fraction of sp³-hybridized carbons (Fsp3) is 0.188. The zero-order chi connectivity index (χ0) is 25.1. The normalized spacial score (nSPS) is 14.9. The molecule has 36 heavy (non-hydrogen) atoms. The Hall–Kier alpha value is -4.18. The molecule has 180 valence electrons. The van der Waals surface area contributed by atoms with E-state index in [0.717, 1.165) is 28.7 Å². The lowest BCUT2D eigenvalue weighted by Gasteiger charge is -2.28. The van der Waals surface area contributed by atoms with E-state index in [2.05, 4.69) is 36.4 Å². The number of imide groups is 1. The maximum Gasteiger partial charge on any atom is 0.332 e. The van der Waals surface area contributed by atoms with Crippen molar-refractivity contribution in [1.29, 1.82) is 0 Å². The number of urea groups is 1. The van der Waals surface area contributed by atoms with Crippen molar-refractivity contribution in [2.24, 2.45) is 0 Å². The largest absolute Gasteiger partial charge is 0.332 e. The summed E-state index contributed by atoms with van der Waals surface area (Å²) in [4.78, 5) is 30.6. The predicted octanol–water partition coefficient (Wildman–Crippen LogP) is 6.62. The fourth-order valence-corrected chi connectivity index (χ4v) is 4.88. The van der Waals surface area contributed by atoms with Crippen molar-refractivity contribution in [1.82, 2.24) is 4.90 Å². The highest BCUT2D eigenvalue weighted by Crippen LogP contribution is 2.36. The van der Waals surface area contributed by atoms with Gasteiger partial charge in [-0.1, -0.05) is 103 Å². The lowest BCUT2D eigenvalue weighted by atomic mass is 9.97. The number of nitrogens with zero attached hydrogens (tertiary/aromatic N) is 2. The van der Waals surface area contributed by atoms with E-state index in [4.69, 9.17) is 0 Å². The Morgan fingerprint density at radius 2 is 1.06 bits per heavy atom. The van der Waals surface area contributed by atoms with E-state index in [0.29, 0.717) is 18.7 Å². The van der Waals surface area contributed by atoms with Crippen LogP contribution in [-0.2, 0) is 24.2 Å². The third kappa shape index (κ3) is 4.55. The van der Waals surface area contributed by atoms with Gasteiger partial charge in [0.2, 0.25) is 0 Å². The van der Waals surface area contributed by atoms with Crippen molar-refractivity contribution in [3.63, 3.8) is 0 Å². The number of hydrogen-bond donors (Lipinski definition) is 0. The van der Waals surface area contributed by atoms with Crippen LogP contribution in [-0.4, -0.2) is 22.4 Å². The molecule has 0 spiro atoms. The minimum absolute atomic E-state index is 0.200. The molecule has 0 bridgehead atoms. The number of anilines is 1. The van der Waals surface area contributed by atoms with Crippen molar-refractivity contribution in [3.05, 3.63) is 137 Å². The van der Waals surface area contributed by atoms with Gasteiger partial charge in [-0.25, -0.2) is 9.69 Å². The smallest absolute Gasteiger partial charge is 0.305 e. The molecule has 0 unspecified atom stereocenters. The molecule has 0 atom stereocenters. The Morgan fingerprint density at radius 3 is 1.67 bits per heavy atom. The van der Waals surface area contributed by atoms with Gasteiger partial charge in [0.05, 0.1) is 5.69 Å². The zero-order valence-electron chi connectivity index (χ0n) is 20.7.